The molecule has 0 aliphatic carbocycles. The minimum absolute atomic E-state index is 0.0705. The van der Waals surface area contributed by atoms with Gasteiger partial charge in [0.2, 0.25) is 0 Å². The average molecular weight is 324 g/mol. The first-order valence-electron chi connectivity index (χ1n) is 8.92. The monoisotopic (exact) mass is 324 g/mol. The summed E-state index contributed by atoms with van der Waals surface area (Å²) in [5, 5.41) is 0. The Morgan fingerprint density at radius 1 is 0.958 bits per heavy atom. The van der Waals surface area contributed by atoms with Gasteiger partial charge in [-0.05, 0) is 49.7 Å². The highest BCUT2D eigenvalue weighted by Crippen LogP contribution is 2.20. The molecular formula is C22H28O2. The van der Waals surface area contributed by atoms with Crippen LogP contribution in [0.5, 0.6) is 0 Å². The summed E-state index contributed by atoms with van der Waals surface area (Å²) in [5.41, 5.74) is 3.95. The molecule has 1 atom stereocenters. The first-order valence-corrected chi connectivity index (χ1v) is 8.92. The van der Waals surface area contributed by atoms with Gasteiger partial charge in [0.15, 0.2) is 0 Å². The van der Waals surface area contributed by atoms with Crippen LogP contribution in [0.3, 0.4) is 0 Å². The van der Waals surface area contributed by atoms with Crippen LogP contribution < -0.4 is 0 Å². The first-order chi connectivity index (χ1) is 11.7. The van der Waals surface area contributed by atoms with Gasteiger partial charge >= 0.3 is 5.97 Å². The van der Waals surface area contributed by atoms with E-state index in [4.69, 9.17) is 4.74 Å². The minimum Gasteiger partial charge on any atom is -0.466 e. The molecule has 0 bridgehead atoms. The van der Waals surface area contributed by atoms with Gasteiger partial charge in [-0.1, -0.05) is 67.1 Å². The van der Waals surface area contributed by atoms with Gasteiger partial charge in [-0.2, -0.15) is 0 Å². The standard InChI is InChI=1S/C22H28O2/c1-3-15-24-22(23)14-13-21(16-19-7-5-4-6-8-19)17-20-11-9-18(2)10-12-20/h4-12,21H,3,13-17H2,1-2H3. The first kappa shape index (κ1) is 18.3. The molecule has 0 aliphatic rings. The number of ether oxygens (including phenoxy) is 1. The van der Waals surface area contributed by atoms with Crippen LogP contribution in [-0.2, 0) is 22.4 Å². The van der Waals surface area contributed by atoms with E-state index in [-0.39, 0.29) is 5.97 Å². The van der Waals surface area contributed by atoms with Crippen molar-refractivity contribution in [3.05, 3.63) is 71.3 Å². The molecule has 24 heavy (non-hydrogen) atoms. The summed E-state index contributed by atoms with van der Waals surface area (Å²) in [6.45, 7) is 4.65. The van der Waals surface area contributed by atoms with E-state index in [2.05, 4.69) is 55.5 Å². The maximum absolute atomic E-state index is 11.8. The molecule has 2 nitrogen and oxygen atoms in total. The van der Waals surface area contributed by atoms with Crippen LogP contribution >= 0.6 is 0 Å². The SMILES string of the molecule is CCCOC(=O)CCC(Cc1ccccc1)Cc1ccc(C)cc1. The van der Waals surface area contributed by atoms with E-state index in [1.165, 1.54) is 16.7 Å². The molecule has 0 saturated carbocycles. The van der Waals surface area contributed by atoms with Crippen molar-refractivity contribution in [2.24, 2.45) is 5.92 Å². The lowest BCUT2D eigenvalue weighted by Crippen LogP contribution is -2.13. The molecule has 0 amide bonds. The van der Waals surface area contributed by atoms with Crippen LogP contribution in [-0.4, -0.2) is 12.6 Å². The van der Waals surface area contributed by atoms with Crippen LogP contribution in [0.15, 0.2) is 54.6 Å². The molecular weight excluding hydrogens is 296 g/mol. The van der Waals surface area contributed by atoms with Crippen LogP contribution in [0.4, 0.5) is 0 Å². The Hall–Kier alpha value is -2.09. The van der Waals surface area contributed by atoms with Crippen LogP contribution in [0.25, 0.3) is 0 Å². The van der Waals surface area contributed by atoms with Gasteiger partial charge in [0.25, 0.3) is 0 Å². The Balaban J connectivity index is 1.97. The quantitative estimate of drug-likeness (QED) is 0.598. The second-order valence-electron chi connectivity index (χ2n) is 6.50. The number of esters is 1. The molecule has 0 N–H and O–H groups in total. The highest BCUT2D eigenvalue weighted by molar-refractivity contribution is 5.69. The van der Waals surface area contributed by atoms with Gasteiger partial charge in [0.1, 0.15) is 0 Å². The Bertz CT molecular complexity index is 602. The van der Waals surface area contributed by atoms with Gasteiger partial charge in [-0.15, -0.1) is 0 Å². The summed E-state index contributed by atoms with van der Waals surface area (Å²) in [7, 11) is 0. The van der Waals surface area contributed by atoms with Crippen LogP contribution in [0, 0.1) is 12.8 Å². The summed E-state index contributed by atoms with van der Waals surface area (Å²) < 4.78 is 5.22. The van der Waals surface area contributed by atoms with E-state index in [9.17, 15) is 4.79 Å². The zero-order valence-electron chi connectivity index (χ0n) is 14.8. The molecule has 2 heteroatoms. The Labute approximate surface area is 145 Å². The molecule has 0 heterocycles. The van der Waals surface area contributed by atoms with E-state index in [0.717, 1.165) is 25.7 Å². The van der Waals surface area contributed by atoms with Crippen molar-refractivity contribution < 1.29 is 9.53 Å². The fraction of sp³-hybridized carbons (Fsp3) is 0.409. The number of hydrogen-bond donors (Lipinski definition) is 0. The molecule has 0 aliphatic heterocycles. The molecule has 0 saturated heterocycles. The number of carbonyl (C=O) groups is 1. The van der Waals surface area contributed by atoms with Gasteiger partial charge in [0.05, 0.1) is 6.61 Å². The van der Waals surface area contributed by atoms with Crippen molar-refractivity contribution >= 4 is 5.97 Å². The summed E-state index contributed by atoms with van der Waals surface area (Å²) in [6, 6.07) is 19.2. The lowest BCUT2D eigenvalue weighted by atomic mass is 9.88. The van der Waals surface area contributed by atoms with Crippen molar-refractivity contribution in [1.82, 2.24) is 0 Å². The van der Waals surface area contributed by atoms with E-state index >= 15 is 0 Å². The van der Waals surface area contributed by atoms with Crippen molar-refractivity contribution in [1.29, 1.82) is 0 Å². The molecule has 2 aromatic rings. The Morgan fingerprint density at radius 3 is 2.21 bits per heavy atom. The van der Waals surface area contributed by atoms with E-state index in [1.807, 2.05) is 13.0 Å². The number of carbonyl (C=O) groups excluding carboxylic acids is 1. The number of aryl methyl sites for hydroxylation is 1. The van der Waals surface area contributed by atoms with Crippen molar-refractivity contribution in [2.75, 3.05) is 6.61 Å². The number of hydrogen-bond acceptors (Lipinski definition) is 2. The summed E-state index contributed by atoms with van der Waals surface area (Å²) >= 11 is 0. The van der Waals surface area contributed by atoms with E-state index in [0.29, 0.717) is 18.9 Å². The Morgan fingerprint density at radius 2 is 1.58 bits per heavy atom. The predicted octanol–water partition coefficient (Wildman–Crippen LogP) is 5.13. The summed E-state index contributed by atoms with van der Waals surface area (Å²) in [5.74, 6) is 0.378. The topological polar surface area (TPSA) is 26.3 Å². The van der Waals surface area contributed by atoms with Gasteiger partial charge in [-0.3, -0.25) is 4.79 Å². The van der Waals surface area contributed by atoms with Crippen LogP contribution in [0.2, 0.25) is 0 Å². The fourth-order valence-corrected chi connectivity index (χ4v) is 2.89. The van der Waals surface area contributed by atoms with Crippen molar-refractivity contribution in [3.63, 3.8) is 0 Å². The fourth-order valence-electron chi connectivity index (χ4n) is 2.89. The third-order valence-corrected chi connectivity index (χ3v) is 4.24. The van der Waals surface area contributed by atoms with Gasteiger partial charge < -0.3 is 4.74 Å². The highest BCUT2D eigenvalue weighted by Gasteiger charge is 2.14. The summed E-state index contributed by atoms with van der Waals surface area (Å²) in [6.07, 6.45) is 4.24. The molecule has 0 radical (unpaired) electrons. The van der Waals surface area contributed by atoms with Crippen LogP contribution in [0.1, 0.15) is 42.9 Å². The smallest absolute Gasteiger partial charge is 0.305 e. The molecule has 2 rings (SSSR count). The predicted molar refractivity (Wildman–Crippen MR) is 99.0 cm³/mol. The zero-order chi connectivity index (χ0) is 17.2. The highest BCUT2D eigenvalue weighted by atomic mass is 16.5. The third-order valence-electron chi connectivity index (χ3n) is 4.24. The number of rotatable bonds is 9. The second kappa shape index (κ2) is 9.92. The maximum Gasteiger partial charge on any atom is 0.305 e. The second-order valence-corrected chi connectivity index (χ2v) is 6.50. The largest absolute Gasteiger partial charge is 0.466 e. The van der Waals surface area contributed by atoms with Crippen molar-refractivity contribution in [2.45, 2.75) is 46.0 Å². The Kier molecular flexibility index (Phi) is 7.54. The third kappa shape index (κ3) is 6.57. The van der Waals surface area contributed by atoms with Crippen molar-refractivity contribution in [3.8, 4) is 0 Å². The normalized spacial score (nSPS) is 11.9. The van der Waals surface area contributed by atoms with Gasteiger partial charge in [0, 0.05) is 6.42 Å². The molecule has 0 fully saturated rings. The molecule has 2 aromatic carbocycles. The molecule has 0 spiro atoms. The lowest BCUT2D eigenvalue weighted by molar-refractivity contribution is -0.144. The van der Waals surface area contributed by atoms with Gasteiger partial charge in [-0.25, -0.2) is 0 Å². The summed E-state index contributed by atoms with van der Waals surface area (Å²) in [4.78, 5) is 11.8. The van der Waals surface area contributed by atoms with E-state index < -0.39 is 0 Å². The minimum atomic E-state index is -0.0705. The number of benzene rings is 2. The average Bonchev–Trinajstić information content (AvgIpc) is 2.60. The maximum atomic E-state index is 11.8. The molecule has 1 unspecified atom stereocenters. The van der Waals surface area contributed by atoms with E-state index in [1.54, 1.807) is 0 Å². The lowest BCUT2D eigenvalue weighted by Gasteiger charge is -2.17. The zero-order valence-corrected chi connectivity index (χ0v) is 14.8. The molecule has 128 valence electrons. The molecule has 0 aromatic heterocycles.